The number of amides is 2. The van der Waals surface area contributed by atoms with Gasteiger partial charge in [0.05, 0.1) is 33.7 Å². The topological polar surface area (TPSA) is 100 Å². The maximum Gasteiger partial charge on any atom is 0.261 e. The number of hydrogen-bond acceptors (Lipinski definition) is 6. The van der Waals surface area contributed by atoms with Crippen LogP contribution in [0.15, 0.2) is 42.6 Å². The maximum absolute atomic E-state index is 12.4. The molecule has 0 bridgehead atoms. The molecule has 2 N–H and O–H groups in total. The number of hydrogen-bond donors (Lipinski definition) is 2. The molecule has 2 aromatic heterocycles. The van der Waals surface area contributed by atoms with Crippen molar-refractivity contribution in [2.75, 3.05) is 13.1 Å². The fourth-order valence-corrected chi connectivity index (χ4v) is 4.02. The summed E-state index contributed by atoms with van der Waals surface area (Å²) in [5, 5.41) is 20.5. The minimum absolute atomic E-state index is 0.0937. The average molecular weight is 432 g/mol. The molecule has 1 aromatic carbocycles. The molecule has 2 amide bonds. The second kappa shape index (κ2) is 8.32. The number of aromatic nitrogens is 3. The van der Waals surface area contributed by atoms with Crippen LogP contribution in [0.1, 0.15) is 32.1 Å². The van der Waals surface area contributed by atoms with Crippen molar-refractivity contribution in [3.8, 4) is 5.69 Å². The van der Waals surface area contributed by atoms with Crippen LogP contribution in [0.5, 0.6) is 0 Å². The Morgan fingerprint density at radius 3 is 2.69 bits per heavy atom. The molecule has 1 atom stereocenters. The van der Waals surface area contributed by atoms with Crippen molar-refractivity contribution in [3.05, 3.63) is 63.1 Å². The Balaban J connectivity index is 1.37. The minimum Gasteiger partial charge on any atom is -0.391 e. The third kappa shape index (κ3) is 4.47. The van der Waals surface area contributed by atoms with Crippen molar-refractivity contribution in [2.24, 2.45) is 0 Å². The summed E-state index contributed by atoms with van der Waals surface area (Å²) < 4.78 is 2.14. The summed E-state index contributed by atoms with van der Waals surface area (Å²) in [4.78, 5) is 26.7. The van der Waals surface area contributed by atoms with Gasteiger partial charge in [0.1, 0.15) is 5.69 Å². The van der Waals surface area contributed by atoms with Crippen LogP contribution in [-0.4, -0.2) is 56.0 Å². The van der Waals surface area contributed by atoms with Gasteiger partial charge < -0.3 is 15.3 Å². The Morgan fingerprint density at radius 2 is 2.03 bits per heavy atom. The Morgan fingerprint density at radius 1 is 1.24 bits per heavy atom. The molecule has 10 heteroatoms. The van der Waals surface area contributed by atoms with E-state index in [4.69, 9.17) is 11.6 Å². The Kier molecular flexibility index (Phi) is 5.61. The van der Waals surface area contributed by atoms with Gasteiger partial charge in [-0.3, -0.25) is 9.59 Å². The molecule has 1 unspecified atom stereocenters. The number of halogens is 1. The molecule has 0 saturated carbocycles. The highest BCUT2D eigenvalue weighted by Crippen LogP contribution is 2.21. The van der Waals surface area contributed by atoms with Crippen LogP contribution in [0.25, 0.3) is 5.69 Å². The van der Waals surface area contributed by atoms with E-state index >= 15 is 0 Å². The van der Waals surface area contributed by atoms with Crippen LogP contribution in [0.4, 0.5) is 0 Å². The van der Waals surface area contributed by atoms with E-state index in [2.05, 4.69) is 15.6 Å². The first-order valence-corrected chi connectivity index (χ1v) is 10.2. The van der Waals surface area contributed by atoms with E-state index < -0.39 is 6.10 Å². The van der Waals surface area contributed by atoms with Crippen molar-refractivity contribution < 1.29 is 14.7 Å². The Bertz CT molecular complexity index is 1030. The van der Waals surface area contributed by atoms with Gasteiger partial charge in [-0.2, -0.15) is 0 Å². The number of nitrogens with zero attached hydrogens (tertiary/aromatic N) is 4. The molecule has 1 aliphatic heterocycles. The van der Waals surface area contributed by atoms with E-state index in [1.807, 2.05) is 0 Å². The summed E-state index contributed by atoms with van der Waals surface area (Å²) in [7, 11) is 0. The molecule has 1 aliphatic rings. The number of carbonyl (C=O) groups is 2. The van der Waals surface area contributed by atoms with E-state index in [-0.39, 0.29) is 18.4 Å². The summed E-state index contributed by atoms with van der Waals surface area (Å²) in [5.41, 5.74) is 1.91. The molecule has 4 rings (SSSR count). The number of aliphatic hydroxyl groups is 1. The van der Waals surface area contributed by atoms with Gasteiger partial charge in [-0.05, 0) is 42.8 Å². The van der Waals surface area contributed by atoms with Crippen LogP contribution < -0.4 is 5.32 Å². The van der Waals surface area contributed by atoms with E-state index in [0.29, 0.717) is 40.0 Å². The lowest BCUT2D eigenvalue weighted by molar-refractivity contribution is 0.0764. The molecule has 1 fully saturated rings. The second-order valence-electron chi connectivity index (χ2n) is 6.68. The minimum atomic E-state index is -0.441. The van der Waals surface area contributed by atoms with Gasteiger partial charge in [-0.25, -0.2) is 4.68 Å². The summed E-state index contributed by atoms with van der Waals surface area (Å²) in [5.74, 6) is -0.310. The van der Waals surface area contributed by atoms with Crippen LogP contribution in [0, 0.1) is 0 Å². The largest absolute Gasteiger partial charge is 0.391 e. The molecular weight excluding hydrogens is 414 g/mol. The highest BCUT2D eigenvalue weighted by molar-refractivity contribution is 7.17. The maximum atomic E-state index is 12.4. The quantitative estimate of drug-likeness (QED) is 0.644. The van der Waals surface area contributed by atoms with Gasteiger partial charge in [0.25, 0.3) is 11.8 Å². The zero-order valence-corrected chi connectivity index (χ0v) is 16.9. The van der Waals surface area contributed by atoms with Gasteiger partial charge in [0, 0.05) is 18.7 Å². The molecular formula is C19H18ClN5O3S. The van der Waals surface area contributed by atoms with Crippen molar-refractivity contribution in [1.29, 1.82) is 0 Å². The molecule has 150 valence electrons. The van der Waals surface area contributed by atoms with Crippen molar-refractivity contribution >= 4 is 34.8 Å². The standard InChI is InChI=1S/C19H18ClN5O3S/c20-17-6-5-16(29-17)18(27)21-9-13-10-25(23-22-13)14-3-1-12(2-4-14)19(28)24-8-7-15(26)11-24/h1-6,10,15,26H,7-9,11H2,(H,21,27). The highest BCUT2D eigenvalue weighted by Gasteiger charge is 2.25. The molecule has 29 heavy (non-hydrogen) atoms. The number of thiophene rings is 1. The summed E-state index contributed by atoms with van der Waals surface area (Å²) in [6.45, 7) is 1.18. The normalized spacial score (nSPS) is 16.2. The van der Waals surface area contributed by atoms with Crippen molar-refractivity contribution in [3.63, 3.8) is 0 Å². The highest BCUT2D eigenvalue weighted by atomic mass is 35.5. The lowest BCUT2D eigenvalue weighted by Crippen LogP contribution is -2.29. The Hall–Kier alpha value is -2.75. The first kappa shape index (κ1) is 19.6. The van der Waals surface area contributed by atoms with E-state index in [1.54, 1.807) is 52.2 Å². The van der Waals surface area contributed by atoms with E-state index in [1.165, 1.54) is 11.3 Å². The van der Waals surface area contributed by atoms with Crippen LogP contribution in [-0.2, 0) is 6.54 Å². The van der Waals surface area contributed by atoms with Crippen LogP contribution in [0.3, 0.4) is 0 Å². The first-order chi connectivity index (χ1) is 14.0. The molecule has 0 radical (unpaired) electrons. The lowest BCUT2D eigenvalue weighted by atomic mass is 10.2. The SMILES string of the molecule is O=C(NCc1cn(-c2ccc(C(=O)N3CCC(O)C3)cc2)nn1)c1ccc(Cl)s1. The van der Waals surface area contributed by atoms with Crippen molar-refractivity contribution in [2.45, 2.75) is 19.1 Å². The van der Waals surface area contributed by atoms with Gasteiger partial charge in [-0.15, -0.1) is 16.4 Å². The molecule has 3 aromatic rings. The fourth-order valence-electron chi connectivity index (χ4n) is 3.07. The van der Waals surface area contributed by atoms with Crippen molar-refractivity contribution in [1.82, 2.24) is 25.2 Å². The third-order valence-electron chi connectivity index (χ3n) is 4.60. The van der Waals surface area contributed by atoms with Gasteiger partial charge in [0.2, 0.25) is 0 Å². The first-order valence-electron chi connectivity index (χ1n) is 9.02. The zero-order valence-electron chi connectivity index (χ0n) is 15.3. The second-order valence-corrected chi connectivity index (χ2v) is 8.40. The lowest BCUT2D eigenvalue weighted by Gasteiger charge is -2.15. The molecule has 3 heterocycles. The average Bonchev–Trinajstić information content (AvgIpc) is 3.47. The smallest absolute Gasteiger partial charge is 0.261 e. The number of nitrogens with one attached hydrogen (secondary N) is 1. The summed E-state index contributed by atoms with van der Waals surface area (Å²) in [6, 6.07) is 10.4. The number of rotatable bonds is 5. The van der Waals surface area contributed by atoms with Gasteiger partial charge in [-0.1, -0.05) is 16.8 Å². The van der Waals surface area contributed by atoms with Gasteiger partial charge >= 0.3 is 0 Å². The monoisotopic (exact) mass is 431 g/mol. The number of benzene rings is 1. The molecule has 1 saturated heterocycles. The van der Waals surface area contributed by atoms with Crippen LogP contribution >= 0.6 is 22.9 Å². The summed E-state index contributed by atoms with van der Waals surface area (Å²) in [6.07, 6.45) is 1.89. The van der Waals surface area contributed by atoms with Crippen LogP contribution in [0.2, 0.25) is 4.34 Å². The number of β-amino-alcohol motifs (C(OH)–C–C–N with tert-alkyl or cyclic N) is 1. The molecule has 0 spiro atoms. The molecule has 8 nitrogen and oxygen atoms in total. The fraction of sp³-hybridized carbons (Fsp3) is 0.263. The summed E-state index contributed by atoms with van der Waals surface area (Å²) >= 11 is 7.06. The number of aliphatic hydroxyl groups excluding tert-OH is 1. The Labute approximate surface area is 175 Å². The predicted molar refractivity (Wildman–Crippen MR) is 108 cm³/mol. The number of likely N-dealkylation sites (tertiary alicyclic amines) is 1. The van der Waals surface area contributed by atoms with E-state index in [0.717, 1.165) is 5.69 Å². The van der Waals surface area contributed by atoms with E-state index in [9.17, 15) is 14.7 Å². The number of carbonyl (C=O) groups excluding carboxylic acids is 2. The predicted octanol–water partition coefficient (Wildman–Crippen LogP) is 2.12. The molecule has 0 aliphatic carbocycles. The van der Waals surface area contributed by atoms with Gasteiger partial charge in [0.15, 0.2) is 0 Å². The zero-order chi connectivity index (χ0) is 20.4. The third-order valence-corrected chi connectivity index (χ3v) is 5.83.